The number of carbonyl (C=O) groups is 3. The summed E-state index contributed by atoms with van der Waals surface area (Å²) in [6, 6.07) is 0. The maximum absolute atomic E-state index is 12.7. The molecular weight excluding hydrogens is 274 g/mol. The first-order valence-corrected chi connectivity index (χ1v) is 6.35. The Balaban J connectivity index is 2.04. The molecule has 1 aliphatic heterocycles. The van der Waals surface area contributed by atoms with E-state index in [1.165, 1.54) is 21.8 Å². The number of imide groups is 1. The van der Waals surface area contributed by atoms with Crippen molar-refractivity contribution >= 4 is 23.2 Å². The highest BCUT2D eigenvalue weighted by atomic mass is 16.2. The number of hydrogen-bond acceptors (Lipinski definition) is 5. The Morgan fingerprint density at radius 2 is 2.10 bits per heavy atom. The van der Waals surface area contributed by atoms with Gasteiger partial charge in [0.25, 0.3) is 11.8 Å². The van der Waals surface area contributed by atoms with Crippen LogP contribution in [0.15, 0.2) is 24.8 Å². The number of carbonyl (C=O) groups excluding carboxylic acids is 3. The molecule has 0 aliphatic carbocycles. The number of fused-ring (bicyclic) bond motifs is 1. The van der Waals surface area contributed by atoms with Crippen molar-refractivity contribution in [2.24, 2.45) is 0 Å². The molecule has 0 unspecified atom stereocenters. The molecule has 2 aromatic rings. The number of hydrogen-bond donors (Lipinski definition) is 1. The van der Waals surface area contributed by atoms with Crippen LogP contribution in [0, 0.1) is 0 Å². The summed E-state index contributed by atoms with van der Waals surface area (Å²) in [4.78, 5) is 41.4. The maximum Gasteiger partial charge on any atom is 0.259 e. The highest BCUT2D eigenvalue weighted by molar-refractivity contribution is 6.10. The lowest BCUT2D eigenvalue weighted by Crippen LogP contribution is -2.65. The van der Waals surface area contributed by atoms with Crippen molar-refractivity contribution in [2.45, 2.75) is 19.4 Å². The maximum atomic E-state index is 12.7. The number of piperazine rings is 1. The number of aromatic nitrogens is 3. The van der Waals surface area contributed by atoms with Crippen LogP contribution in [0.2, 0.25) is 0 Å². The van der Waals surface area contributed by atoms with E-state index >= 15 is 0 Å². The van der Waals surface area contributed by atoms with Gasteiger partial charge in [-0.3, -0.25) is 24.7 Å². The van der Waals surface area contributed by atoms with Gasteiger partial charge in [-0.1, -0.05) is 0 Å². The Morgan fingerprint density at radius 3 is 2.86 bits per heavy atom. The van der Waals surface area contributed by atoms with E-state index in [9.17, 15) is 14.4 Å². The van der Waals surface area contributed by atoms with E-state index in [1.807, 2.05) is 0 Å². The van der Waals surface area contributed by atoms with Gasteiger partial charge < -0.3 is 4.90 Å². The van der Waals surface area contributed by atoms with Crippen LogP contribution in [0.3, 0.4) is 0 Å². The minimum Gasteiger partial charge on any atom is -0.315 e. The first-order valence-electron chi connectivity index (χ1n) is 6.35. The van der Waals surface area contributed by atoms with Crippen LogP contribution in [0.1, 0.15) is 24.2 Å². The fourth-order valence-electron chi connectivity index (χ4n) is 2.25. The van der Waals surface area contributed by atoms with Gasteiger partial charge in [0, 0.05) is 12.4 Å². The molecule has 0 saturated carbocycles. The Labute approximate surface area is 119 Å². The number of nitrogens with zero attached hydrogens (tertiary/aromatic N) is 4. The third-order valence-corrected chi connectivity index (χ3v) is 3.59. The molecule has 1 fully saturated rings. The first kappa shape index (κ1) is 13.2. The molecule has 0 bridgehead atoms. The van der Waals surface area contributed by atoms with Gasteiger partial charge in [-0.15, -0.1) is 0 Å². The SMILES string of the molecule is CC1(C)C(=O)NC(=O)CN1C(=O)c1cnn2ccncc12. The van der Waals surface area contributed by atoms with E-state index in [1.54, 1.807) is 26.2 Å². The number of rotatable bonds is 1. The van der Waals surface area contributed by atoms with Crippen molar-refractivity contribution in [1.29, 1.82) is 0 Å². The summed E-state index contributed by atoms with van der Waals surface area (Å²) in [6.07, 6.45) is 6.09. The van der Waals surface area contributed by atoms with Crippen molar-refractivity contribution in [3.05, 3.63) is 30.4 Å². The summed E-state index contributed by atoms with van der Waals surface area (Å²) in [5.41, 5.74) is -0.281. The standard InChI is InChI=1S/C13H13N5O3/c1-13(2)12(21)16-10(19)7-17(13)11(20)8-5-15-18-4-3-14-6-9(8)18/h3-6H,7H2,1-2H3,(H,16,19,21). The fraction of sp³-hybridized carbons (Fsp3) is 0.308. The molecule has 1 N–H and O–H groups in total. The molecule has 8 nitrogen and oxygen atoms in total. The van der Waals surface area contributed by atoms with Crippen molar-refractivity contribution in [2.75, 3.05) is 6.54 Å². The van der Waals surface area contributed by atoms with E-state index in [0.29, 0.717) is 11.1 Å². The van der Waals surface area contributed by atoms with Crippen LogP contribution in [0.5, 0.6) is 0 Å². The molecule has 0 radical (unpaired) electrons. The first-order chi connectivity index (χ1) is 9.91. The monoisotopic (exact) mass is 287 g/mol. The second-order valence-corrected chi connectivity index (χ2v) is 5.29. The molecule has 0 aromatic carbocycles. The summed E-state index contributed by atoms with van der Waals surface area (Å²) in [7, 11) is 0. The molecule has 0 atom stereocenters. The van der Waals surface area contributed by atoms with Gasteiger partial charge in [-0.2, -0.15) is 5.10 Å². The summed E-state index contributed by atoms with van der Waals surface area (Å²) in [6.45, 7) is 3.02. The topological polar surface area (TPSA) is 96.7 Å². The van der Waals surface area contributed by atoms with Gasteiger partial charge in [-0.25, -0.2) is 4.52 Å². The van der Waals surface area contributed by atoms with E-state index in [-0.39, 0.29) is 6.54 Å². The average molecular weight is 287 g/mol. The molecule has 21 heavy (non-hydrogen) atoms. The molecular formula is C13H13N5O3. The normalized spacial score (nSPS) is 17.9. The van der Waals surface area contributed by atoms with E-state index in [2.05, 4.69) is 15.4 Å². The van der Waals surface area contributed by atoms with Crippen LogP contribution in [-0.4, -0.2) is 49.3 Å². The molecule has 3 amide bonds. The molecule has 1 saturated heterocycles. The largest absolute Gasteiger partial charge is 0.315 e. The lowest BCUT2D eigenvalue weighted by Gasteiger charge is -2.39. The molecule has 108 valence electrons. The Morgan fingerprint density at radius 1 is 1.33 bits per heavy atom. The van der Waals surface area contributed by atoms with Gasteiger partial charge in [0.1, 0.15) is 12.1 Å². The van der Waals surface area contributed by atoms with Gasteiger partial charge in [0.15, 0.2) is 0 Å². The molecule has 3 rings (SSSR count). The summed E-state index contributed by atoms with van der Waals surface area (Å²) >= 11 is 0. The third kappa shape index (κ3) is 1.95. The zero-order valence-electron chi connectivity index (χ0n) is 11.5. The van der Waals surface area contributed by atoms with Crippen LogP contribution in [-0.2, 0) is 9.59 Å². The molecule has 1 aliphatic rings. The van der Waals surface area contributed by atoms with Crippen LogP contribution in [0.25, 0.3) is 5.52 Å². The van der Waals surface area contributed by atoms with Crippen molar-refractivity contribution < 1.29 is 14.4 Å². The predicted octanol–water partition coefficient (Wildman–Crippen LogP) is -0.393. The van der Waals surface area contributed by atoms with Gasteiger partial charge >= 0.3 is 0 Å². The molecule has 2 aromatic heterocycles. The zero-order valence-corrected chi connectivity index (χ0v) is 11.5. The van der Waals surface area contributed by atoms with Gasteiger partial charge in [0.2, 0.25) is 5.91 Å². The second kappa shape index (κ2) is 4.37. The van der Waals surface area contributed by atoms with Crippen LogP contribution in [0.4, 0.5) is 0 Å². The Bertz CT molecular complexity index is 764. The quantitative estimate of drug-likeness (QED) is 0.720. The average Bonchev–Trinajstić information content (AvgIpc) is 2.86. The molecule has 3 heterocycles. The van der Waals surface area contributed by atoms with Gasteiger partial charge in [0.05, 0.1) is 23.5 Å². The zero-order chi connectivity index (χ0) is 15.2. The fourth-order valence-corrected chi connectivity index (χ4v) is 2.25. The van der Waals surface area contributed by atoms with E-state index < -0.39 is 23.3 Å². The Hall–Kier alpha value is -2.77. The van der Waals surface area contributed by atoms with E-state index in [4.69, 9.17) is 0 Å². The predicted molar refractivity (Wildman–Crippen MR) is 71.3 cm³/mol. The van der Waals surface area contributed by atoms with Crippen molar-refractivity contribution in [3.63, 3.8) is 0 Å². The smallest absolute Gasteiger partial charge is 0.259 e. The van der Waals surface area contributed by atoms with E-state index in [0.717, 1.165) is 0 Å². The van der Waals surface area contributed by atoms with Crippen molar-refractivity contribution in [1.82, 2.24) is 24.8 Å². The minimum absolute atomic E-state index is 0.171. The number of amides is 3. The lowest BCUT2D eigenvalue weighted by molar-refractivity contribution is -0.143. The highest BCUT2D eigenvalue weighted by Crippen LogP contribution is 2.22. The molecule has 0 spiro atoms. The minimum atomic E-state index is -1.11. The summed E-state index contributed by atoms with van der Waals surface area (Å²) in [5, 5.41) is 6.30. The Kier molecular flexibility index (Phi) is 2.75. The lowest BCUT2D eigenvalue weighted by atomic mass is 9.97. The summed E-state index contributed by atoms with van der Waals surface area (Å²) in [5.74, 6) is -1.42. The van der Waals surface area contributed by atoms with Crippen LogP contribution < -0.4 is 5.32 Å². The van der Waals surface area contributed by atoms with Crippen LogP contribution >= 0.6 is 0 Å². The number of nitrogens with one attached hydrogen (secondary N) is 1. The third-order valence-electron chi connectivity index (χ3n) is 3.59. The second-order valence-electron chi connectivity index (χ2n) is 5.29. The van der Waals surface area contributed by atoms with Gasteiger partial charge in [-0.05, 0) is 13.8 Å². The molecule has 8 heteroatoms. The highest BCUT2D eigenvalue weighted by Gasteiger charge is 2.44. The summed E-state index contributed by atoms with van der Waals surface area (Å²) < 4.78 is 1.51. The van der Waals surface area contributed by atoms with Crippen molar-refractivity contribution in [3.8, 4) is 0 Å².